The van der Waals surface area contributed by atoms with Gasteiger partial charge in [-0.2, -0.15) is 0 Å². The maximum Gasteiger partial charge on any atom is 0.331 e. The van der Waals surface area contributed by atoms with E-state index in [0.717, 1.165) is 49.0 Å². The molecule has 2 aromatic carbocycles. The van der Waals surface area contributed by atoms with Gasteiger partial charge in [0, 0.05) is 12.2 Å². The SMILES string of the molecule is CCCc1ccccc1COC(=O)/C=C\C(=O)OCc1ccccc1CCC. The lowest BCUT2D eigenvalue weighted by molar-refractivity contribution is -0.141. The van der Waals surface area contributed by atoms with Gasteiger partial charge in [0.1, 0.15) is 13.2 Å². The fourth-order valence-corrected chi connectivity index (χ4v) is 2.95. The number of ether oxygens (including phenoxy) is 2. The van der Waals surface area contributed by atoms with Gasteiger partial charge in [0.15, 0.2) is 0 Å². The Morgan fingerprint density at radius 1 is 0.679 bits per heavy atom. The van der Waals surface area contributed by atoms with E-state index >= 15 is 0 Å². The summed E-state index contributed by atoms with van der Waals surface area (Å²) in [5.41, 5.74) is 4.32. The van der Waals surface area contributed by atoms with Crippen molar-refractivity contribution in [2.75, 3.05) is 0 Å². The van der Waals surface area contributed by atoms with Crippen molar-refractivity contribution >= 4 is 11.9 Å². The number of esters is 2. The summed E-state index contributed by atoms with van der Waals surface area (Å²) < 4.78 is 10.5. The molecule has 0 aliphatic heterocycles. The smallest absolute Gasteiger partial charge is 0.331 e. The van der Waals surface area contributed by atoms with Crippen LogP contribution in [0.4, 0.5) is 0 Å². The molecule has 0 aromatic heterocycles. The lowest BCUT2D eigenvalue weighted by atomic mass is 10.0. The molecular formula is C24H28O4. The molecule has 0 aliphatic carbocycles. The zero-order valence-corrected chi connectivity index (χ0v) is 16.6. The summed E-state index contributed by atoms with van der Waals surface area (Å²) in [6.45, 7) is 4.60. The maximum absolute atomic E-state index is 11.9. The van der Waals surface area contributed by atoms with Crippen LogP contribution in [0.2, 0.25) is 0 Å². The molecular weight excluding hydrogens is 352 g/mol. The van der Waals surface area contributed by atoms with E-state index in [-0.39, 0.29) is 13.2 Å². The molecule has 0 atom stereocenters. The molecule has 2 rings (SSSR count). The summed E-state index contributed by atoms with van der Waals surface area (Å²) in [5.74, 6) is -1.12. The summed E-state index contributed by atoms with van der Waals surface area (Å²) in [6, 6.07) is 15.8. The Labute approximate surface area is 167 Å². The third kappa shape index (κ3) is 7.03. The minimum Gasteiger partial charge on any atom is -0.458 e. The first-order valence-corrected chi connectivity index (χ1v) is 9.79. The van der Waals surface area contributed by atoms with Crippen LogP contribution in [0, 0.1) is 0 Å². The first kappa shape index (κ1) is 21.4. The van der Waals surface area contributed by atoms with Gasteiger partial charge in [0.25, 0.3) is 0 Å². The second-order valence-electron chi connectivity index (χ2n) is 6.59. The van der Waals surface area contributed by atoms with E-state index in [1.54, 1.807) is 0 Å². The molecule has 0 fully saturated rings. The van der Waals surface area contributed by atoms with Crippen molar-refractivity contribution in [2.45, 2.75) is 52.7 Å². The second-order valence-corrected chi connectivity index (χ2v) is 6.59. The van der Waals surface area contributed by atoms with Gasteiger partial charge in [-0.3, -0.25) is 0 Å². The normalized spacial score (nSPS) is 10.8. The maximum atomic E-state index is 11.9. The molecule has 4 nitrogen and oxygen atoms in total. The number of hydrogen-bond acceptors (Lipinski definition) is 4. The number of rotatable bonds is 10. The number of hydrogen-bond donors (Lipinski definition) is 0. The van der Waals surface area contributed by atoms with E-state index in [1.165, 1.54) is 11.1 Å². The average molecular weight is 380 g/mol. The largest absolute Gasteiger partial charge is 0.458 e. The summed E-state index contributed by atoms with van der Waals surface area (Å²) in [5, 5.41) is 0. The quantitative estimate of drug-likeness (QED) is 0.433. The lowest BCUT2D eigenvalue weighted by Crippen LogP contribution is -2.06. The first-order valence-electron chi connectivity index (χ1n) is 9.79. The van der Waals surface area contributed by atoms with Crippen molar-refractivity contribution < 1.29 is 19.1 Å². The van der Waals surface area contributed by atoms with Crippen LogP contribution in [-0.4, -0.2) is 11.9 Å². The molecule has 0 saturated carbocycles. The van der Waals surface area contributed by atoms with E-state index < -0.39 is 11.9 Å². The topological polar surface area (TPSA) is 52.6 Å². The number of benzene rings is 2. The van der Waals surface area contributed by atoms with E-state index in [9.17, 15) is 9.59 Å². The minimum atomic E-state index is -0.561. The Kier molecular flexibility index (Phi) is 8.99. The van der Waals surface area contributed by atoms with Crippen LogP contribution in [0.25, 0.3) is 0 Å². The summed E-state index contributed by atoms with van der Waals surface area (Å²) >= 11 is 0. The Morgan fingerprint density at radius 3 is 1.39 bits per heavy atom. The summed E-state index contributed by atoms with van der Waals surface area (Å²) in [4.78, 5) is 23.8. The highest BCUT2D eigenvalue weighted by Crippen LogP contribution is 2.13. The molecule has 0 radical (unpaired) electrons. The van der Waals surface area contributed by atoms with Crippen molar-refractivity contribution in [3.63, 3.8) is 0 Å². The van der Waals surface area contributed by atoms with Gasteiger partial charge >= 0.3 is 11.9 Å². The predicted octanol–water partition coefficient (Wildman–Crippen LogP) is 4.93. The van der Waals surface area contributed by atoms with E-state index in [4.69, 9.17) is 9.47 Å². The standard InChI is InChI=1S/C24H28O4/c1-3-9-19-11-5-7-13-21(19)17-27-23(25)15-16-24(26)28-18-22-14-8-6-12-20(22)10-4-2/h5-8,11-16H,3-4,9-10,17-18H2,1-2H3/b16-15-. The van der Waals surface area contributed by atoms with Crippen LogP contribution in [0.3, 0.4) is 0 Å². The van der Waals surface area contributed by atoms with Gasteiger partial charge in [-0.1, -0.05) is 75.2 Å². The Bertz CT molecular complexity index is 740. The molecule has 0 aliphatic rings. The van der Waals surface area contributed by atoms with Gasteiger partial charge in [0.05, 0.1) is 0 Å². The highest BCUT2D eigenvalue weighted by atomic mass is 16.5. The number of aryl methyl sites for hydroxylation is 2. The molecule has 148 valence electrons. The number of carbonyl (C=O) groups excluding carboxylic acids is 2. The van der Waals surface area contributed by atoms with Gasteiger partial charge in [-0.15, -0.1) is 0 Å². The highest BCUT2D eigenvalue weighted by Gasteiger charge is 2.07. The molecule has 0 unspecified atom stereocenters. The summed E-state index contributed by atoms with van der Waals surface area (Å²) in [7, 11) is 0. The van der Waals surface area contributed by atoms with Gasteiger partial charge in [-0.05, 0) is 35.1 Å². The van der Waals surface area contributed by atoms with Crippen molar-refractivity contribution in [1.82, 2.24) is 0 Å². The fourth-order valence-electron chi connectivity index (χ4n) is 2.95. The van der Waals surface area contributed by atoms with E-state index in [0.29, 0.717) is 0 Å². The molecule has 2 aromatic rings. The van der Waals surface area contributed by atoms with Crippen LogP contribution in [0.15, 0.2) is 60.7 Å². The molecule has 0 amide bonds. The van der Waals surface area contributed by atoms with Crippen molar-refractivity contribution in [3.8, 4) is 0 Å². The molecule has 0 heterocycles. The third-order valence-electron chi connectivity index (χ3n) is 4.37. The van der Waals surface area contributed by atoms with E-state index in [1.807, 2.05) is 48.5 Å². The van der Waals surface area contributed by atoms with Crippen LogP contribution in [0.1, 0.15) is 48.9 Å². The third-order valence-corrected chi connectivity index (χ3v) is 4.37. The molecule has 0 spiro atoms. The van der Waals surface area contributed by atoms with Gasteiger partial charge in [0.2, 0.25) is 0 Å². The molecule has 0 saturated heterocycles. The van der Waals surface area contributed by atoms with Crippen molar-refractivity contribution in [2.24, 2.45) is 0 Å². The Balaban J connectivity index is 1.81. The van der Waals surface area contributed by atoms with E-state index in [2.05, 4.69) is 13.8 Å². The highest BCUT2D eigenvalue weighted by molar-refractivity contribution is 5.91. The fraction of sp³-hybridized carbons (Fsp3) is 0.333. The predicted molar refractivity (Wildman–Crippen MR) is 110 cm³/mol. The second kappa shape index (κ2) is 11.8. The monoisotopic (exact) mass is 380 g/mol. The lowest BCUT2D eigenvalue weighted by Gasteiger charge is -2.09. The molecule has 0 N–H and O–H groups in total. The van der Waals surface area contributed by atoms with Crippen molar-refractivity contribution in [1.29, 1.82) is 0 Å². The van der Waals surface area contributed by atoms with Crippen LogP contribution in [-0.2, 0) is 45.1 Å². The molecule has 4 heteroatoms. The zero-order valence-electron chi connectivity index (χ0n) is 16.6. The minimum absolute atomic E-state index is 0.193. The molecule has 0 bridgehead atoms. The van der Waals surface area contributed by atoms with Crippen molar-refractivity contribution in [3.05, 3.63) is 82.9 Å². The van der Waals surface area contributed by atoms with Crippen LogP contribution < -0.4 is 0 Å². The Hall–Kier alpha value is -2.88. The first-order chi connectivity index (χ1) is 13.6. The van der Waals surface area contributed by atoms with Gasteiger partial charge in [-0.25, -0.2) is 9.59 Å². The summed E-state index contributed by atoms with van der Waals surface area (Å²) in [6.07, 6.45) is 6.16. The Morgan fingerprint density at radius 2 is 1.04 bits per heavy atom. The zero-order chi connectivity index (χ0) is 20.2. The van der Waals surface area contributed by atoms with Crippen LogP contribution >= 0.6 is 0 Å². The average Bonchev–Trinajstić information content (AvgIpc) is 2.71. The number of carbonyl (C=O) groups is 2. The van der Waals surface area contributed by atoms with Gasteiger partial charge < -0.3 is 9.47 Å². The molecule has 28 heavy (non-hydrogen) atoms. The van der Waals surface area contributed by atoms with Crippen LogP contribution in [0.5, 0.6) is 0 Å².